The zero-order valence-corrected chi connectivity index (χ0v) is 24.2. The molecule has 9 nitrogen and oxygen atoms in total. The first-order chi connectivity index (χ1) is 20.3. The van der Waals surface area contributed by atoms with Gasteiger partial charge >= 0.3 is 0 Å². The zero-order valence-electron chi connectivity index (χ0n) is 23.4. The van der Waals surface area contributed by atoms with Crippen LogP contribution in [0.1, 0.15) is 37.3 Å². The molecule has 3 aromatic rings. The molecule has 0 heterocycles. The van der Waals surface area contributed by atoms with Crippen LogP contribution >= 0.6 is 0 Å². The SMILES string of the molecule is CC#CCOc1ccc(S(=O)(=O)C(CCCCN(C(=O)Cc2ccccc2)C(=O)Cc2ccccc2)C(=O)NO)cc1. The second kappa shape index (κ2) is 16.1. The summed E-state index contributed by atoms with van der Waals surface area (Å²) in [5.74, 6) is 4.05. The zero-order chi connectivity index (χ0) is 30.4. The molecule has 1 atom stereocenters. The molecule has 0 aliphatic heterocycles. The molecule has 3 amide bonds. The standard InChI is InChI=1S/C32H34N2O7S/c1-2-3-22-41-27-17-19-28(20-18-27)42(39,40)29(32(37)33-38)16-10-11-21-34(30(35)23-25-12-6-4-7-13-25)31(36)24-26-14-8-5-9-15-26/h4-9,12-15,17-20,29,38H,10-11,16,21-24H2,1H3,(H,33,37). The van der Waals surface area contributed by atoms with Gasteiger partial charge in [-0.25, -0.2) is 13.9 Å². The minimum Gasteiger partial charge on any atom is -0.481 e. The van der Waals surface area contributed by atoms with Crippen LogP contribution in [-0.2, 0) is 37.1 Å². The number of carbonyl (C=O) groups excluding carboxylic acids is 3. The third kappa shape index (κ3) is 9.29. The van der Waals surface area contributed by atoms with Gasteiger partial charge in [-0.15, -0.1) is 5.92 Å². The highest BCUT2D eigenvalue weighted by molar-refractivity contribution is 7.92. The third-order valence-corrected chi connectivity index (χ3v) is 8.64. The van der Waals surface area contributed by atoms with Crippen LogP contribution in [0.25, 0.3) is 0 Å². The van der Waals surface area contributed by atoms with E-state index in [1.54, 1.807) is 31.2 Å². The highest BCUT2D eigenvalue weighted by Gasteiger charge is 2.34. The van der Waals surface area contributed by atoms with Gasteiger partial charge in [0.1, 0.15) is 17.6 Å². The number of nitrogens with one attached hydrogen (secondary N) is 1. The number of ether oxygens (including phenoxy) is 1. The van der Waals surface area contributed by atoms with E-state index in [2.05, 4.69) is 11.8 Å². The van der Waals surface area contributed by atoms with Crippen molar-refractivity contribution in [3.8, 4) is 17.6 Å². The van der Waals surface area contributed by atoms with Crippen LogP contribution in [0.3, 0.4) is 0 Å². The number of unbranched alkanes of at least 4 members (excludes halogenated alkanes) is 1. The van der Waals surface area contributed by atoms with Crippen molar-refractivity contribution in [2.24, 2.45) is 0 Å². The number of amides is 3. The minimum atomic E-state index is -4.17. The maximum absolute atomic E-state index is 13.3. The van der Waals surface area contributed by atoms with Gasteiger partial charge in [-0.3, -0.25) is 24.5 Å². The summed E-state index contributed by atoms with van der Waals surface area (Å²) in [7, 11) is -4.17. The Morgan fingerprint density at radius 1 is 0.857 bits per heavy atom. The minimum absolute atomic E-state index is 0.0377. The van der Waals surface area contributed by atoms with Crippen LogP contribution in [0.2, 0.25) is 0 Å². The number of hydrogen-bond donors (Lipinski definition) is 2. The van der Waals surface area contributed by atoms with Crippen molar-refractivity contribution in [3.63, 3.8) is 0 Å². The van der Waals surface area contributed by atoms with Crippen molar-refractivity contribution in [2.75, 3.05) is 13.2 Å². The van der Waals surface area contributed by atoms with E-state index >= 15 is 0 Å². The molecule has 0 aliphatic rings. The fraction of sp³-hybridized carbons (Fsp3) is 0.281. The maximum Gasteiger partial charge on any atom is 0.262 e. The van der Waals surface area contributed by atoms with Crippen molar-refractivity contribution in [3.05, 3.63) is 96.1 Å². The average Bonchev–Trinajstić information content (AvgIpc) is 2.99. The van der Waals surface area contributed by atoms with Gasteiger partial charge in [0.2, 0.25) is 11.8 Å². The van der Waals surface area contributed by atoms with Gasteiger partial charge in [0.05, 0.1) is 17.7 Å². The molecule has 0 bridgehead atoms. The molecule has 2 N–H and O–H groups in total. The Kier molecular flexibility index (Phi) is 12.3. The molecule has 0 aromatic heterocycles. The number of imide groups is 1. The predicted molar refractivity (Wildman–Crippen MR) is 157 cm³/mol. The molecule has 42 heavy (non-hydrogen) atoms. The largest absolute Gasteiger partial charge is 0.481 e. The van der Waals surface area contributed by atoms with Crippen LogP contribution in [0.5, 0.6) is 5.75 Å². The molecule has 0 saturated heterocycles. The first-order valence-corrected chi connectivity index (χ1v) is 15.0. The van der Waals surface area contributed by atoms with E-state index in [9.17, 15) is 28.0 Å². The predicted octanol–water partition coefficient (Wildman–Crippen LogP) is 3.75. The second-order valence-corrected chi connectivity index (χ2v) is 11.6. The molecule has 0 aliphatic carbocycles. The molecule has 0 saturated carbocycles. The summed E-state index contributed by atoms with van der Waals surface area (Å²) < 4.78 is 32.0. The van der Waals surface area contributed by atoms with Crippen molar-refractivity contribution in [1.29, 1.82) is 0 Å². The molecule has 0 fully saturated rings. The Labute approximate surface area is 246 Å². The summed E-state index contributed by atoms with van der Waals surface area (Å²) >= 11 is 0. The smallest absolute Gasteiger partial charge is 0.262 e. The summed E-state index contributed by atoms with van der Waals surface area (Å²) in [6.07, 6.45) is 0.400. The van der Waals surface area contributed by atoms with Crippen molar-refractivity contribution >= 4 is 27.6 Å². The van der Waals surface area contributed by atoms with Crippen molar-refractivity contribution in [1.82, 2.24) is 10.4 Å². The van der Waals surface area contributed by atoms with Gasteiger partial charge in [0, 0.05) is 6.54 Å². The van der Waals surface area contributed by atoms with E-state index in [1.165, 1.54) is 34.6 Å². The fourth-order valence-corrected chi connectivity index (χ4v) is 5.96. The van der Waals surface area contributed by atoms with E-state index < -0.39 is 21.0 Å². The van der Waals surface area contributed by atoms with Crippen LogP contribution < -0.4 is 10.2 Å². The molecular formula is C32H34N2O7S. The summed E-state index contributed by atoms with van der Waals surface area (Å²) in [4.78, 5) is 39.9. The lowest BCUT2D eigenvalue weighted by Gasteiger charge is -2.22. The Hall–Kier alpha value is -4.46. The highest BCUT2D eigenvalue weighted by Crippen LogP contribution is 2.23. The monoisotopic (exact) mass is 590 g/mol. The molecule has 0 spiro atoms. The van der Waals surface area contributed by atoms with Gasteiger partial charge in [-0.1, -0.05) is 66.6 Å². The van der Waals surface area contributed by atoms with E-state index in [0.717, 1.165) is 11.1 Å². The first-order valence-electron chi connectivity index (χ1n) is 13.5. The lowest BCUT2D eigenvalue weighted by molar-refractivity contribution is -0.144. The second-order valence-electron chi connectivity index (χ2n) is 9.46. The van der Waals surface area contributed by atoms with Gasteiger partial charge in [0.15, 0.2) is 9.84 Å². The number of carbonyl (C=O) groups is 3. The lowest BCUT2D eigenvalue weighted by Crippen LogP contribution is -2.40. The van der Waals surface area contributed by atoms with E-state index in [-0.39, 0.29) is 62.0 Å². The van der Waals surface area contributed by atoms with Gasteiger partial charge in [-0.2, -0.15) is 0 Å². The van der Waals surface area contributed by atoms with Crippen LogP contribution in [0.15, 0.2) is 89.8 Å². The molecule has 3 rings (SSSR count). The quantitative estimate of drug-likeness (QED) is 0.127. The maximum atomic E-state index is 13.3. The molecule has 0 radical (unpaired) electrons. The summed E-state index contributed by atoms with van der Waals surface area (Å²) in [5.41, 5.74) is 2.98. The van der Waals surface area contributed by atoms with Gasteiger partial charge in [-0.05, 0) is 61.6 Å². The molecule has 3 aromatic carbocycles. The van der Waals surface area contributed by atoms with Crippen LogP contribution in [-0.4, -0.2) is 54.6 Å². The van der Waals surface area contributed by atoms with Gasteiger partial charge < -0.3 is 4.74 Å². The van der Waals surface area contributed by atoms with Crippen molar-refractivity contribution < 1.29 is 32.7 Å². The number of nitrogens with zero attached hydrogens (tertiary/aromatic N) is 1. The summed E-state index contributed by atoms with van der Waals surface area (Å²) in [6, 6.07) is 23.7. The molecule has 10 heteroatoms. The number of sulfone groups is 1. The van der Waals surface area contributed by atoms with Gasteiger partial charge in [0.25, 0.3) is 5.91 Å². The number of hydrogen-bond acceptors (Lipinski definition) is 7. The lowest BCUT2D eigenvalue weighted by atomic mass is 10.1. The number of benzene rings is 3. The Morgan fingerprint density at radius 3 is 1.90 bits per heavy atom. The Bertz CT molecular complexity index is 1440. The van der Waals surface area contributed by atoms with E-state index in [1.807, 2.05) is 36.4 Å². The Morgan fingerprint density at radius 2 is 1.40 bits per heavy atom. The number of rotatable bonds is 14. The average molecular weight is 591 g/mol. The Balaban J connectivity index is 1.69. The number of hydroxylamine groups is 1. The normalized spacial score (nSPS) is 11.5. The topological polar surface area (TPSA) is 130 Å². The van der Waals surface area contributed by atoms with Crippen LogP contribution in [0.4, 0.5) is 0 Å². The summed E-state index contributed by atoms with van der Waals surface area (Å²) in [6.45, 7) is 1.88. The van der Waals surface area contributed by atoms with E-state index in [0.29, 0.717) is 5.75 Å². The summed E-state index contributed by atoms with van der Waals surface area (Å²) in [5, 5.41) is 7.68. The first kappa shape index (κ1) is 32.1. The molecule has 220 valence electrons. The molecule has 1 unspecified atom stereocenters. The van der Waals surface area contributed by atoms with Crippen molar-refractivity contribution in [2.45, 2.75) is 49.2 Å². The van der Waals surface area contributed by atoms with E-state index in [4.69, 9.17) is 4.74 Å². The molecular weight excluding hydrogens is 556 g/mol. The fourth-order valence-electron chi connectivity index (χ4n) is 4.30. The van der Waals surface area contributed by atoms with Crippen LogP contribution in [0, 0.1) is 11.8 Å². The highest BCUT2D eigenvalue weighted by atomic mass is 32.2. The third-order valence-electron chi connectivity index (χ3n) is 6.51.